The van der Waals surface area contributed by atoms with E-state index in [0.29, 0.717) is 10.5 Å². The van der Waals surface area contributed by atoms with E-state index in [1.807, 2.05) is 6.92 Å². The number of halogens is 1. The topological polar surface area (TPSA) is 36.2 Å². The van der Waals surface area contributed by atoms with Gasteiger partial charge in [0, 0.05) is 11.1 Å². The zero-order chi connectivity index (χ0) is 10.7. The van der Waals surface area contributed by atoms with Gasteiger partial charge in [-0.15, -0.1) is 0 Å². The Labute approximate surface area is 88.9 Å². The first kappa shape index (κ1) is 11.1. The fourth-order valence-corrected chi connectivity index (χ4v) is 1.62. The van der Waals surface area contributed by atoms with Gasteiger partial charge in [-0.25, -0.2) is 0 Å². The molecule has 3 nitrogen and oxygen atoms in total. The molecule has 4 heteroatoms. The maximum absolute atomic E-state index is 11.3. The number of ether oxygens (including phenoxy) is 1. The molecule has 0 unspecified atom stereocenters. The summed E-state index contributed by atoms with van der Waals surface area (Å²) in [6.07, 6.45) is 3.24. The van der Waals surface area contributed by atoms with Crippen LogP contribution >= 0.6 is 11.6 Å². The second-order valence-electron chi connectivity index (χ2n) is 3.17. The molecule has 0 bridgehead atoms. The van der Waals surface area contributed by atoms with Crippen molar-refractivity contribution in [2.45, 2.75) is 26.7 Å². The lowest BCUT2D eigenvalue weighted by Gasteiger charge is -2.11. The predicted octanol–water partition coefficient (Wildman–Crippen LogP) is 2.24. The summed E-state index contributed by atoms with van der Waals surface area (Å²) >= 11 is 5.84. The van der Waals surface area contributed by atoms with Crippen LogP contribution in [0.15, 0.2) is 6.20 Å². The highest BCUT2D eigenvalue weighted by atomic mass is 35.5. The Bertz CT molecular complexity index is 339. The molecule has 0 saturated carbocycles. The van der Waals surface area contributed by atoms with Gasteiger partial charge in [0.05, 0.1) is 7.11 Å². The Morgan fingerprint density at radius 2 is 2.21 bits per heavy atom. The number of nitrogens with zero attached hydrogens (tertiary/aromatic N) is 1. The van der Waals surface area contributed by atoms with Gasteiger partial charge in [-0.05, 0) is 24.9 Å². The second kappa shape index (κ2) is 4.51. The third kappa shape index (κ3) is 1.93. The quantitative estimate of drug-likeness (QED) is 0.441. The van der Waals surface area contributed by atoms with Crippen LogP contribution in [0.2, 0.25) is 5.15 Å². The molecule has 0 aliphatic heterocycles. The van der Waals surface area contributed by atoms with Crippen LogP contribution in [0.25, 0.3) is 0 Å². The minimum atomic E-state index is 0.231. The zero-order valence-corrected chi connectivity index (χ0v) is 9.39. The van der Waals surface area contributed by atoms with Crippen LogP contribution in [-0.4, -0.2) is 7.11 Å². The van der Waals surface area contributed by atoms with Gasteiger partial charge in [-0.2, -0.15) is 4.73 Å². The molecule has 0 aromatic carbocycles. The summed E-state index contributed by atoms with van der Waals surface area (Å²) in [4.78, 5) is 0. The van der Waals surface area contributed by atoms with Gasteiger partial charge in [0.1, 0.15) is 0 Å². The lowest BCUT2D eigenvalue weighted by molar-refractivity contribution is -0.603. The van der Waals surface area contributed by atoms with Crippen molar-refractivity contribution in [2.24, 2.45) is 0 Å². The minimum absolute atomic E-state index is 0.231. The summed E-state index contributed by atoms with van der Waals surface area (Å²) < 4.78 is 5.77. The lowest BCUT2D eigenvalue weighted by atomic mass is 10.1. The summed E-state index contributed by atoms with van der Waals surface area (Å²) in [5, 5.41) is 11.5. The summed E-state index contributed by atoms with van der Waals surface area (Å²) in [7, 11) is 1.56. The molecular formula is C10H14ClNO2. The van der Waals surface area contributed by atoms with Crippen molar-refractivity contribution in [1.29, 1.82) is 0 Å². The molecule has 0 saturated heterocycles. The van der Waals surface area contributed by atoms with E-state index in [9.17, 15) is 5.21 Å². The molecule has 0 aliphatic carbocycles. The van der Waals surface area contributed by atoms with Gasteiger partial charge in [-0.3, -0.25) is 0 Å². The highest BCUT2D eigenvalue weighted by Gasteiger charge is 2.16. The number of aromatic nitrogens is 1. The summed E-state index contributed by atoms with van der Waals surface area (Å²) in [5.74, 6) is 0.615. The maximum Gasteiger partial charge on any atom is 0.289 e. The molecule has 1 aromatic rings. The van der Waals surface area contributed by atoms with Gasteiger partial charge in [0.2, 0.25) is 6.20 Å². The highest BCUT2D eigenvalue weighted by molar-refractivity contribution is 6.29. The normalized spacial score (nSPS) is 10.3. The standard InChI is InChI=1S/C10H14ClNO2/c1-4-5-8-7(2)10(11)12(13)6-9(8)14-3/h6H,4-5H2,1-3H3. The Morgan fingerprint density at radius 1 is 1.57 bits per heavy atom. The Hall–Kier alpha value is -0.960. The third-order valence-corrected chi connectivity index (χ3v) is 2.66. The second-order valence-corrected chi connectivity index (χ2v) is 3.53. The van der Waals surface area contributed by atoms with Crippen molar-refractivity contribution in [2.75, 3.05) is 7.11 Å². The molecule has 14 heavy (non-hydrogen) atoms. The molecule has 0 N–H and O–H groups in total. The average molecular weight is 216 g/mol. The van der Waals surface area contributed by atoms with E-state index in [1.54, 1.807) is 7.11 Å². The van der Waals surface area contributed by atoms with E-state index in [4.69, 9.17) is 16.3 Å². The van der Waals surface area contributed by atoms with Crippen molar-refractivity contribution in [1.82, 2.24) is 0 Å². The zero-order valence-electron chi connectivity index (χ0n) is 8.63. The van der Waals surface area contributed by atoms with Gasteiger partial charge in [-0.1, -0.05) is 13.3 Å². The van der Waals surface area contributed by atoms with Crippen molar-refractivity contribution >= 4 is 11.6 Å². The van der Waals surface area contributed by atoms with Crippen molar-refractivity contribution in [3.8, 4) is 5.75 Å². The first-order valence-corrected chi connectivity index (χ1v) is 4.94. The molecule has 0 radical (unpaired) electrons. The maximum atomic E-state index is 11.3. The first-order valence-electron chi connectivity index (χ1n) is 4.57. The predicted molar refractivity (Wildman–Crippen MR) is 55.7 cm³/mol. The summed E-state index contributed by atoms with van der Waals surface area (Å²) in [6.45, 7) is 3.91. The Kier molecular flexibility index (Phi) is 3.58. The fraction of sp³-hybridized carbons (Fsp3) is 0.500. The molecule has 1 heterocycles. The fourth-order valence-electron chi connectivity index (χ4n) is 1.45. The van der Waals surface area contributed by atoms with Gasteiger partial charge >= 0.3 is 0 Å². The van der Waals surface area contributed by atoms with Gasteiger partial charge in [0.25, 0.3) is 5.15 Å². The van der Waals surface area contributed by atoms with E-state index in [1.165, 1.54) is 6.20 Å². The minimum Gasteiger partial charge on any atom is -0.618 e. The number of hydrogen-bond acceptors (Lipinski definition) is 2. The molecule has 1 rings (SSSR count). The third-order valence-electron chi connectivity index (χ3n) is 2.21. The molecule has 78 valence electrons. The molecular weight excluding hydrogens is 202 g/mol. The smallest absolute Gasteiger partial charge is 0.289 e. The van der Waals surface area contributed by atoms with Crippen LogP contribution in [0.4, 0.5) is 0 Å². The van der Waals surface area contributed by atoms with Crippen molar-refractivity contribution in [3.05, 3.63) is 27.7 Å². The van der Waals surface area contributed by atoms with Crippen molar-refractivity contribution < 1.29 is 9.47 Å². The van der Waals surface area contributed by atoms with Crippen LogP contribution in [0.5, 0.6) is 5.75 Å². The largest absolute Gasteiger partial charge is 0.618 e. The monoisotopic (exact) mass is 215 g/mol. The summed E-state index contributed by atoms with van der Waals surface area (Å²) in [5.41, 5.74) is 1.83. The number of rotatable bonds is 3. The molecule has 0 aliphatic rings. The lowest BCUT2D eigenvalue weighted by Crippen LogP contribution is -2.29. The van der Waals surface area contributed by atoms with E-state index in [-0.39, 0.29) is 5.15 Å². The Morgan fingerprint density at radius 3 is 2.71 bits per heavy atom. The van der Waals surface area contributed by atoms with E-state index in [0.717, 1.165) is 24.0 Å². The van der Waals surface area contributed by atoms with Crippen molar-refractivity contribution in [3.63, 3.8) is 0 Å². The van der Waals surface area contributed by atoms with E-state index < -0.39 is 0 Å². The molecule has 0 fully saturated rings. The Balaban J connectivity index is 3.29. The van der Waals surface area contributed by atoms with Crippen LogP contribution < -0.4 is 9.47 Å². The molecule has 0 spiro atoms. The van der Waals surface area contributed by atoms with Gasteiger partial charge < -0.3 is 9.94 Å². The van der Waals surface area contributed by atoms with Crippen LogP contribution in [0, 0.1) is 12.1 Å². The van der Waals surface area contributed by atoms with Crippen LogP contribution in [-0.2, 0) is 6.42 Å². The highest BCUT2D eigenvalue weighted by Crippen LogP contribution is 2.25. The number of methoxy groups -OCH3 is 1. The van der Waals surface area contributed by atoms with Crippen LogP contribution in [0.1, 0.15) is 24.5 Å². The summed E-state index contributed by atoms with van der Waals surface area (Å²) in [6, 6.07) is 0. The van der Waals surface area contributed by atoms with Gasteiger partial charge in [0.15, 0.2) is 5.75 Å². The number of hydrogen-bond donors (Lipinski definition) is 0. The number of pyridine rings is 1. The molecule has 0 amide bonds. The molecule has 1 aromatic heterocycles. The van der Waals surface area contributed by atoms with Crippen LogP contribution in [0.3, 0.4) is 0 Å². The van der Waals surface area contributed by atoms with E-state index >= 15 is 0 Å². The van der Waals surface area contributed by atoms with E-state index in [2.05, 4.69) is 6.92 Å². The SMILES string of the molecule is CCCc1c(OC)c[n+]([O-])c(Cl)c1C. The first-order chi connectivity index (χ1) is 6.61. The molecule has 0 atom stereocenters. The average Bonchev–Trinajstić information content (AvgIpc) is 2.19.